The standard InChI is InChI=1S/C65H99N23O20S4/c1-29(2)14-35-54(97)83-41(51(69)94)23-109-111-26-44-60(103)81-39(21-89)56(99)80-38(16-33-20-71-28-73-33)65(108)87-12-6-8-45(87)61(104)74-31(5)52(95)84-43(25-112-110-24-42(58(101)85-44)75-49(93)18-66)59(102)82-40(22-90)57(100)86-50(30(3)4)63(106)78-36(17-48(68)92)55(98)79-37(15-32-19-70-27-72-32)64(107)88-13-7-9-46(88)62(105)76-34(53(96)77-35)10-11-47(67)91/h19-20,27-31,34-46,50,89-90H,6-18,21-26,66H2,1-5H3,(H2,67,91)(H2,68,92)(H2,69,94)(H,70,72)(H,71,73)(H,74,104)(H,75,93)(H,76,105)(H,77,96)(H,78,106)(H,79,98)(H,80,99)(H,81,103)(H,82,102)(H,83,97)(H,84,95)(H,85,101)(H,86,100)/t31-,34-,35-,36-,37-,38-,39-,40-,41-,42-,43-,44-,45-,46-,50-/m0/s1. The lowest BCUT2D eigenvalue weighted by molar-refractivity contribution is -0.143. The Morgan fingerprint density at radius 1 is 0.509 bits per heavy atom. The van der Waals surface area contributed by atoms with E-state index in [2.05, 4.69) is 89.1 Å². The maximum absolute atomic E-state index is 14.9. The summed E-state index contributed by atoms with van der Waals surface area (Å²) in [6.45, 7) is 4.41. The Labute approximate surface area is 658 Å². The summed E-state index contributed by atoms with van der Waals surface area (Å²) in [6, 6.07) is -24.5. The van der Waals surface area contributed by atoms with Crippen LogP contribution in [0.4, 0.5) is 0 Å². The van der Waals surface area contributed by atoms with Crippen LogP contribution < -0.4 is 92.1 Å². The number of imidazole rings is 2. The summed E-state index contributed by atoms with van der Waals surface area (Å²) < 4.78 is 0. The maximum atomic E-state index is 14.9. The summed E-state index contributed by atoms with van der Waals surface area (Å²) in [6.07, 6.45) is 3.07. The number of carbonyl (C=O) groups is 18. The molecule has 112 heavy (non-hydrogen) atoms. The quantitative estimate of drug-likeness (QED) is 0.0654. The number of hydrogen-bond donors (Lipinski definition) is 21. The molecule has 18 amide bonds. The van der Waals surface area contributed by atoms with E-state index in [1.807, 2.05) is 0 Å². The number of rotatable bonds is 17. The number of aliphatic hydroxyl groups excluding tert-OH is 2. The average molecular weight is 1650 g/mol. The predicted octanol–water partition coefficient (Wildman–Crippen LogP) is -9.72. The summed E-state index contributed by atoms with van der Waals surface area (Å²) in [5, 5.41) is 53.7. The van der Waals surface area contributed by atoms with Gasteiger partial charge in [-0.2, -0.15) is 0 Å². The molecule has 0 aromatic carbocycles. The van der Waals surface area contributed by atoms with Crippen LogP contribution in [-0.2, 0) is 99.1 Å². The van der Waals surface area contributed by atoms with Crippen molar-refractivity contribution in [3.05, 3.63) is 36.4 Å². The molecule has 47 heteroatoms. The molecule has 4 aliphatic rings. The van der Waals surface area contributed by atoms with Crippen molar-refractivity contribution in [1.82, 2.24) is 98.9 Å². The second-order valence-electron chi connectivity index (χ2n) is 27.5. The third-order valence-electron chi connectivity index (χ3n) is 18.1. The van der Waals surface area contributed by atoms with Gasteiger partial charge in [0, 0.05) is 79.1 Å². The van der Waals surface area contributed by atoms with Gasteiger partial charge >= 0.3 is 0 Å². The zero-order chi connectivity index (χ0) is 82.6. The van der Waals surface area contributed by atoms with Crippen LogP contribution in [0.2, 0.25) is 0 Å². The van der Waals surface area contributed by atoms with E-state index in [0.29, 0.717) is 5.69 Å². The average Bonchev–Trinajstić information content (AvgIpc) is 1.65. The van der Waals surface area contributed by atoms with E-state index in [-0.39, 0.29) is 75.4 Å². The molecule has 4 saturated heterocycles. The molecule has 6 heterocycles. The number of fused-ring (bicyclic) bond motifs is 10. The van der Waals surface area contributed by atoms with Crippen molar-refractivity contribution in [3.63, 3.8) is 0 Å². The van der Waals surface area contributed by atoms with E-state index in [4.69, 9.17) is 22.9 Å². The van der Waals surface area contributed by atoms with Gasteiger partial charge in [0.15, 0.2) is 0 Å². The van der Waals surface area contributed by atoms with Gasteiger partial charge in [0.2, 0.25) is 106 Å². The lowest BCUT2D eigenvalue weighted by Crippen LogP contribution is -2.62. The third kappa shape index (κ3) is 27.5. The molecule has 4 fully saturated rings. The number of H-pyrrole nitrogens is 2. The highest BCUT2D eigenvalue weighted by Crippen LogP contribution is 2.27. The Bertz CT molecular complexity index is 3710. The number of nitrogens with zero attached hydrogens (tertiary/aromatic N) is 4. The number of carbonyl (C=O) groups excluding carboxylic acids is 18. The summed E-state index contributed by atoms with van der Waals surface area (Å²) in [7, 11) is 3.21. The van der Waals surface area contributed by atoms with Gasteiger partial charge in [0.25, 0.3) is 0 Å². The lowest BCUT2D eigenvalue weighted by atomic mass is 10.0. The van der Waals surface area contributed by atoms with Crippen molar-refractivity contribution in [1.29, 1.82) is 0 Å². The number of amides is 18. The Morgan fingerprint density at radius 3 is 1.43 bits per heavy atom. The van der Waals surface area contributed by atoms with E-state index in [0.717, 1.165) is 53.0 Å². The van der Waals surface area contributed by atoms with Crippen molar-refractivity contribution in [2.24, 2.45) is 34.8 Å². The molecule has 43 nitrogen and oxygen atoms in total. The zero-order valence-corrected chi connectivity index (χ0v) is 65.3. The molecule has 15 atom stereocenters. The van der Waals surface area contributed by atoms with E-state index >= 15 is 0 Å². The van der Waals surface area contributed by atoms with Gasteiger partial charge in [-0.25, -0.2) is 9.97 Å². The van der Waals surface area contributed by atoms with Gasteiger partial charge in [0.1, 0.15) is 90.6 Å². The number of nitrogens with one attached hydrogen (secondary N) is 15. The molecule has 25 N–H and O–H groups in total. The summed E-state index contributed by atoms with van der Waals surface area (Å²) in [4.78, 5) is 270. The van der Waals surface area contributed by atoms with E-state index in [1.54, 1.807) is 13.8 Å². The third-order valence-corrected chi connectivity index (χ3v) is 22.9. The van der Waals surface area contributed by atoms with E-state index in [9.17, 15) is 96.5 Å². The van der Waals surface area contributed by atoms with Crippen molar-refractivity contribution in [2.75, 3.05) is 55.9 Å². The van der Waals surface area contributed by atoms with Crippen molar-refractivity contribution >= 4 is 150 Å². The largest absolute Gasteiger partial charge is 0.394 e. The van der Waals surface area contributed by atoms with Crippen LogP contribution in [0, 0.1) is 11.8 Å². The van der Waals surface area contributed by atoms with Gasteiger partial charge in [-0.05, 0) is 57.3 Å². The van der Waals surface area contributed by atoms with Crippen molar-refractivity contribution < 1.29 is 96.5 Å². The molecular weight excluding hydrogens is 1550 g/mol. The molecule has 2 bridgehead atoms. The van der Waals surface area contributed by atoms with Crippen LogP contribution >= 0.6 is 43.2 Å². The summed E-state index contributed by atoms with van der Waals surface area (Å²) in [5.74, 6) is -21.7. The van der Waals surface area contributed by atoms with Crippen LogP contribution in [0.3, 0.4) is 0 Å². The molecule has 2 aromatic rings. The van der Waals surface area contributed by atoms with Crippen LogP contribution in [0.5, 0.6) is 0 Å². The lowest BCUT2D eigenvalue weighted by Gasteiger charge is -2.31. The minimum atomic E-state index is -1.95. The fourth-order valence-corrected chi connectivity index (χ4v) is 16.7. The molecule has 4 aliphatic heterocycles. The Morgan fingerprint density at radius 2 is 0.955 bits per heavy atom. The predicted molar refractivity (Wildman–Crippen MR) is 404 cm³/mol. The fraction of sp³-hybridized carbons (Fsp3) is 0.631. The van der Waals surface area contributed by atoms with E-state index in [1.165, 1.54) is 45.8 Å². The van der Waals surface area contributed by atoms with Gasteiger partial charge < -0.3 is 122 Å². The normalized spacial score (nSPS) is 28.0. The molecule has 0 unspecified atom stereocenters. The zero-order valence-electron chi connectivity index (χ0n) is 62.0. The molecule has 0 spiro atoms. The Hall–Kier alpha value is -9.84. The monoisotopic (exact) mass is 1650 g/mol. The molecular formula is C65H99N23O20S4. The molecule has 6 rings (SSSR count). The van der Waals surface area contributed by atoms with Crippen LogP contribution in [0.25, 0.3) is 0 Å². The van der Waals surface area contributed by atoms with Gasteiger partial charge in [0.05, 0.1) is 38.8 Å². The maximum Gasteiger partial charge on any atom is 0.246 e. The van der Waals surface area contributed by atoms with Crippen LogP contribution in [0.1, 0.15) is 97.4 Å². The number of primary amides is 3. The molecule has 2 aromatic heterocycles. The first-order chi connectivity index (χ1) is 53.1. The van der Waals surface area contributed by atoms with Gasteiger partial charge in [-0.1, -0.05) is 70.9 Å². The van der Waals surface area contributed by atoms with Crippen LogP contribution in [0.15, 0.2) is 25.0 Å². The summed E-state index contributed by atoms with van der Waals surface area (Å²) >= 11 is 0. The molecule has 618 valence electrons. The van der Waals surface area contributed by atoms with Crippen LogP contribution in [-0.4, -0.2) is 293 Å². The SMILES string of the molecule is CC(C)C[C@@H]1NC(=O)[C@H](CCC(N)=O)NC(=O)[C@@H]2CCCN2C(=O)[C@H](Cc2cnc[nH]2)NC(=O)[C@H](CC(N)=O)NC(=O)[C@H](C(C)C)NC(=O)[C@H](CO)NC(=O)[C@@H]2CSSC[C@H](NC(=O)CN)C(=O)N[C@@H](CSSC[C@@H](C(N)=O)NC1=O)C(=O)N[C@@H](CO)C(=O)N[C@@H](Cc1cnc[nH]1)C(=O)N1CCC[C@H]1C(=O)N[C@@H](C)C(=O)N2. The Kier molecular flexibility index (Phi) is 36.1. The van der Waals surface area contributed by atoms with Gasteiger partial charge in [-0.15, -0.1) is 0 Å². The summed E-state index contributed by atoms with van der Waals surface area (Å²) in [5.41, 5.74) is 23.2. The van der Waals surface area contributed by atoms with Crippen molar-refractivity contribution in [3.8, 4) is 0 Å². The fourth-order valence-electron chi connectivity index (χ4n) is 12.1. The first-order valence-corrected chi connectivity index (χ1v) is 40.9. The second kappa shape index (κ2) is 44.4. The Balaban J connectivity index is 1.45. The minimum absolute atomic E-state index is 0.0203. The number of aromatic amines is 2. The second-order valence-corrected chi connectivity index (χ2v) is 32.7. The highest BCUT2D eigenvalue weighted by molar-refractivity contribution is 8.77. The minimum Gasteiger partial charge on any atom is -0.394 e. The molecule has 0 aliphatic carbocycles. The highest BCUT2D eigenvalue weighted by Gasteiger charge is 2.44. The number of aliphatic hydroxyl groups is 2. The smallest absolute Gasteiger partial charge is 0.246 e. The number of aromatic nitrogens is 4. The number of nitrogens with two attached hydrogens (primary N) is 4. The van der Waals surface area contributed by atoms with Gasteiger partial charge in [-0.3, -0.25) is 86.3 Å². The molecule has 0 radical (unpaired) electrons. The highest BCUT2D eigenvalue weighted by atomic mass is 33.1. The molecule has 0 saturated carbocycles. The number of hydrogen-bond acceptors (Lipinski definition) is 27. The first kappa shape index (κ1) is 91.0. The van der Waals surface area contributed by atoms with Crippen molar-refractivity contribution in [2.45, 2.75) is 189 Å². The van der Waals surface area contributed by atoms with E-state index < -0.39 is 259 Å². The first-order valence-electron chi connectivity index (χ1n) is 35.9. The topological polar surface area (TPSA) is 672 Å².